The highest BCUT2D eigenvalue weighted by Gasteiger charge is 2.26. The molecule has 1 aliphatic heterocycles. The summed E-state index contributed by atoms with van der Waals surface area (Å²) in [4.78, 5) is 2.27. The Bertz CT molecular complexity index is 440. The number of likely N-dealkylation sites (tertiary alicyclic amines) is 1. The number of benzene rings is 1. The van der Waals surface area contributed by atoms with E-state index < -0.39 is 6.61 Å². The van der Waals surface area contributed by atoms with Gasteiger partial charge in [0.15, 0.2) is 0 Å². The number of hydrogen-bond acceptors (Lipinski definition) is 3. The van der Waals surface area contributed by atoms with Crippen LogP contribution in [0.5, 0.6) is 5.75 Å². The Morgan fingerprint density at radius 2 is 2.15 bits per heavy atom. The summed E-state index contributed by atoms with van der Waals surface area (Å²) in [5, 5.41) is 0. The molecule has 1 fully saturated rings. The normalized spacial score (nSPS) is 22.9. The molecule has 2 atom stereocenters. The number of rotatable bonds is 4. The van der Waals surface area contributed by atoms with E-state index in [0.29, 0.717) is 10.4 Å². The zero-order valence-corrected chi connectivity index (χ0v) is 13.5. The first-order valence-electron chi connectivity index (χ1n) is 6.17. The number of hydrogen-bond donors (Lipinski definition) is 1. The van der Waals surface area contributed by atoms with Gasteiger partial charge in [0.2, 0.25) is 0 Å². The van der Waals surface area contributed by atoms with Crippen LogP contribution in [0.4, 0.5) is 8.78 Å². The quantitative estimate of drug-likeness (QED) is 0.883. The van der Waals surface area contributed by atoms with Crippen LogP contribution in [0.1, 0.15) is 12.5 Å². The van der Waals surface area contributed by atoms with Gasteiger partial charge in [0, 0.05) is 25.7 Å². The molecule has 0 radical (unpaired) electrons. The molecule has 2 N–H and O–H groups in total. The number of nitrogens with two attached hydrogens (primary N) is 1. The summed E-state index contributed by atoms with van der Waals surface area (Å²) < 4.78 is 29.2. The number of nitrogens with zero attached hydrogens (tertiary/aromatic N) is 1. The van der Waals surface area contributed by atoms with Crippen molar-refractivity contribution in [2.24, 2.45) is 11.7 Å². The first-order valence-corrected chi connectivity index (χ1v) is 6.96. The van der Waals surface area contributed by atoms with Crippen LogP contribution in [0.15, 0.2) is 22.7 Å². The maximum absolute atomic E-state index is 12.1. The molecule has 0 bridgehead atoms. The molecule has 1 aromatic rings. The van der Waals surface area contributed by atoms with Crippen molar-refractivity contribution in [2.45, 2.75) is 26.1 Å². The minimum atomic E-state index is -2.81. The molecule has 1 heterocycles. The standard InChI is InChI=1S/C13H17BrF2N2O.ClH/c1-8-5-18(7-11(8)17)6-9-2-3-12(10(14)4-9)19-13(15)16;/h2-4,8,11,13H,5-7,17H2,1H3;1H. The average molecular weight is 372 g/mol. The highest BCUT2D eigenvalue weighted by atomic mass is 79.9. The van der Waals surface area contributed by atoms with Crippen molar-refractivity contribution in [1.29, 1.82) is 0 Å². The lowest BCUT2D eigenvalue weighted by Crippen LogP contribution is -2.28. The summed E-state index contributed by atoms with van der Waals surface area (Å²) >= 11 is 3.25. The molecular weight excluding hydrogens is 354 g/mol. The molecule has 2 unspecified atom stereocenters. The van der Waals surface area contributed by atoms with Gasteiger partial charge in [-0.15, -0.1) is 12.4 Å². The predicted octanol–water partition coefficient (Wildman–Crippen LogP) is 3.25. The van der Waals surface area contributed by atoms with Crippen LogP contribution in [0.2, 0.25) is 0 Å². The molecule has 0 aliphatic carbocycles. The molecule has 114 valence electrons. The SMILES string of the molecule is CC1CN(Cc2ccc(OC(F)F)c(Br)c2)CC1N.Cl. The number of halogens is 4. The van der Waals surface area contributed by atoms with Crippen LogP contribution in [0, 0.1) is 5.92 Å². The largest absolute Gasteiger partial charge is 0.434 e. The van der Waals surface area contributed by atoms with Gasteiger partial charge in [0.05, 0.1) is 4.47 Å². The van der Waals surface area contributed by atoms with Gasteiger partial charge in [-0.05, 0) is 39.5 Å². The van der Waals surface area contributed by atoms with Crippen molar-refractivity contribution in [3.8, 4) is 5.75 Å². The van der Waals surface area contributed by atoms with Crippen molar-refractivity contribution >= 4 is 28.3 Å². The lowest BCUT2D eigenvalue weighted by molar-refractivity contribution is -0.0503. The Morgan fingerprint density at radius 1 is 1.45 bits per heavy atom. The third kappa shape index (κ3) is 4.55. The summed E-state index contributed by atoms with van der Waals surface area (Å²) in [6.07, 6.45) is 0. The van der Waals surface area contributed by atoms with Crippen LogP contribution in [-0.2, 0) is 6.54 Å². The Labute approximate surface area is 132 Å². The molecule has 7 heteroatoms. The zero-order valence-electron chi connectivity index (χ0n) is 11.1. The van der Waals surface area contributed by atoms with Crippen molar-refractivity contribution in [1.82, 2.24) is 4.90 Å². The number of ether oxygens (including phenoxy) is 1. The van der Waals surface area contributed by atoms with Crippen molar-refractivity contribution in [3.05, 3.63) is 28.2 Å². The van der Waals surface area contributed by atoms with Crippen LogP contribution < -0.4 is 10.5 Å². The fraction of sp³-hybridized carbons (Fsp3) is 0.538. The smallest absolute Gasteiger partial charge is 0.387 e. The van der Waals surface area contributed by atoms with Gasteiger partial charge in [-0.2, -0.15) is 8.78 Å². The summed E-state index contributed by atoms with van der Waals surface area (Å²) in [6, 6.07) is 5.39. The van der Waals surface area contributed by atoms with E-state index in [9.17, 15) is 8.78 Å². The van der Waals surface area contributed by atoms with Gasteiger partial charge in [0.25, 0.3) is 0 Å². The van der Waals surface area contributed by atoms with Crippen LogP contribution in [-0.4, -0.2) is 30.6 Å². The minimum absolute atomic E-state index is 0. The molecule has 0 aromatic heterocycles. The molecule has 2 rings (SSSR count). The van der Waals surface area contributed by atoms with E-state index >= 15 is 0 Å². The van der Waals surface area contributed by atoms with E-state index in [4.69, 9.17) is 5.73 Å². The second kappa shape index (κ2) is 7.54. The first kappa shape index (κ1) is 17.6. The Hall–Kier alpha value is -0.430. The van der Waals surface area contributed by atoms with Gasteiger partial charge in [-0.3, -0.25) is 4.90 Å². The monoisotopic (exact) mass is 370 g/mol. The van der Waals surface area contributed by atoms with Gasteiger partial charge in [-0.25, -0.2) is 0 Å². The molecule has 0 saturated carbocycles. The van der Waals surface area contributed by atoms with E-state index in [2.05, 4.69) is 32.5 Å². The molecule has 3 nitrogen and oxygen atoms in total. The Morgan fingerprint density at radius 3 is 2.65 bits per heavy atom. The lowest BCUT2D eigenvalue weighted by atomic mass is 10.1. The Kier molecular flexibility index (Phi) is 6.64. The molecule has 1 aliphatic rings. The van der Waals surface area contributed by atoms with Crippen LogP contribution >= 0.6 is 28.3 Å². The molecule has 0 spiro atoms. The summed E-state index contributed by atoms with van der Waals surface area (Å²) in [7, 11) is 0. The van der Waals surface area contributed by atoms with Crippen molar-refractivity contribution < 1.29 is 13.5 Å². The summed E-state index contributed by atoms with van der Waals surface area (Å²) in [5.74, 6) is 0.648. The Balaban J connectivity index is 0.00000200. The molecule has 20 heavy (non-hydrogen) atoms. The van der Waals surface area contributed by atoms with Crippen molar-refractivity contribution in [3.63, 3.8) is 0 Å². The average Bonchev–Trinajstić information content (AvgIpc) is 2.61. The molecular formula is C13H18BrClF2N2O. The van der Waals surface area contributed by atoms with E-state index in [1.165, 1.54) is 0 Å². The van der Waals surface area contributed by atoms with Crippen LogP contribution in [0.25, 0.3) is 0 Å². The fourth-order valence-electron chi connectivity index (χ4n) is 2.32. The lowest BCUT2D eigenvalue weighted by Gasteiger charge is -2.16. The van der Waals surface area contributed by atoms with Crippen molar-refractivity contribution in [2.75, 3.05) is 13.1 Å². The van der Waals surface area contributed by atoms with E-state index in [-0.39, 0.29) is 24.2 Å². The fourth-order valence-corrected chi connectivity index (χ4v) is 2.84. The predicted molar refractivity (Wildman–Crippen MR) is 80.4 cm³/mol. The van der Waals surface area contributed by atoms with E-state index in [1.807, 2.05) is 6.07 Å². The van der Waals surface area contributed by atoms with Gasteiger partial charge in [0.1, 0.15) is 5.75 Å². The highest BCUT2D eigenvalue weighted by molar-refractivity contribution is 9.10. The summed E-state index contributed by atoms with van der Waals surface area (Å²) in [5.41, 5.74) is 7.03. The number of alkyl halides is 2. The van der Waals surface area contributed by atoms with Gasteiger partial charge < -0.3 is 10.5 Å². The topological polar surface area (TPSA) is 38.5 Å². The van der Waals surface area contributed by atoms with Crippen LogP contribution in [0.3, 0.4) is 0 Å². The first-order chi connectivity index (χ1) is 8.95. The molecule has 0 amide bonds. The third-order valence-electron chi connectivity index (χ3n) is 3.36. The third-order valence-corrected chi connectivity index (χ3v) is 3.98. The molecule has 1 saturated heterocycles. The molecule has 1 aromatic carbocycles. The highest BCUT2D eigenvalue weighted by Crippen LogP contribution is 2.28. The minimum Gasteiger partial charge on any atom is -0.434 e. The second-order valence-corrected chi connectivity index (χ2v) is 5.83. The second-order valence-electron chi connectivity index (χ2n) is 4.98. The maximum Gasteiger partial charge on any atom is 0.387 e. The van der Waals surface area contributed by atoms with Gasteiger partial charge in [-0.1, -0.05) is 13.0 Å². The van der Waals surface area contributed by atoms with Gasteiger partial charge >= 0.3 is 6.61 Å². The zero-order chi connectivity index (χ0) is 14.0. The van der Waals surface area contributed by atoms with E-state index in [0.717, 1.165) is 25.2 Å². The summed E-state index contributed by atoms with van der Waals surface area (Å²) in [6.45, 7) is 1.94. The van der Waals surface area contributed by atoms with E-state index in [1.54, 1.807) is 12.1 Å². The maximum atomic E-state index is 12.1.